The molecule has 1 aromatic rings. The molecule has 1 aliphatic rings. The topological polar surface area (TPSA) is 12.0 Å². The van der Waals surface area contributed by atoms with E-state index in [0.717, 1.165) is 31.0 Å². The zero-order valence-electron chi connectivity index (χ0n) is 11.1. The highest BCUT2D eigenvalue weighted by molar-refractivity contribution is 5.26. The van der Waals surface area contributed by atoms with Crippen molar-refractivity contribution in [2.45, 2.75) is 44.8 Å². The first-order valence-electron chi connectivity index (χ1n) is 6.88. The first-order valence-corrected chi connectivity index (χ1v) is 6.88. The summed E-state index contributed by atoms with van der Waals surface area (Å²) >= 11 is 0. The molecule has 1 heterocycles. The molecule has 0 saturated carbocycles. The lowest BCUT2D eigenvalue weighted by Crippen LogP contribution is -2.39. The van der Waals surface area contributed by atoms with Crippen LogP contribution in [0.15, 0.2) is 24.3 Å². The van der Waals surface area contributed by atoms with Gasteiger partial charge in [0.1, 0.15) is 0 Å². The number of piperidine rings is 1. The van der Waals surface area contributed by atoms with Gasteiger partial charge in [0.05, 0.1) is 5.56 Å². The highest BCUT2D eigenvalue weighted by Crippen LogP contribution is 2.30. The summed E-state index contributed by atoms with van der Waals surface area (Å²) in [4.78, 5) is 0. The van der Waals surface area contributed by atoms with Gasteiger partial charge in [0.15, 0.2) is 0 Å². The van der Waals surface area contributed by atoms with E-state index < -0.39 is 11.7 Å². The van der Waals surface area contributed by atoms with Crippen LogP contribution < -0.4 is 5.32 Å². The second kappa shape index (κ2) is 5.95. The average molecular weight is 271 g/mol. The van der Waals surface area contributed by atoms with Crippen LogP contribution in [0.4, 0.5) is 13.2 Å². The molecule has 0 aromatic heterocycles. The summed E-state index contributed by atoms with van der Waals surface area (Å²) in [6, 6.07) is 6.00. The molecule has 0 radical (unpaired) electrons. The van der Waals surface area contributed by atoms with Crippen molar-refractivity contribution in [1.82, 2.24) is 5.32 Å². The Morgan fingerprint density at radius 2 is 2.11 bits per heavy atom. The lowest BCUT2D eigenvalue weighted by atomic mass is 9.87. The monoisotopic (exact) mass is 271 g/mol. The van der Waals surface area contributed by atoms with Gasteiger partial charge in [0.25, 0.3) is 0 Å². The SMILES string of the molecule is CCC1CCNC(Cc2cccc(C(F)(F)F)c2)C1. The third-order valence-corrected chi connectivity index (χ3v) is 3.92. The zero-order valence-corrected chi connectivity index (χ0v) is 11.1. The molecule has 2 unspecified atom stereocenters. The van der Waals surface area contributed by atoms with E-state index >= 15 is 0 Å². The summed E-state index contributed by atoms with van der Waals surface area (Å²) in [5, 5.41) is 3.41. The summed E-state index contributed by atoms with van der Waals surface area (Å²) < 4.78 is 37.9. The lowest BCUT2D eigenvalue weighted by Gasteiger charge is -2.30. The Bertz CT molecular complexity index is 414. The molecular weight excluding hydrogens is 251 g/mol. The summed E-state index contributed by atoms with van der Waals surface area (Å²) in [7, 11) is 0. The predicted molar refractivity (Wildman–Crippen MR) is 70.0 cm³/mol. The Kier molecular flexibility index (Phi) is 4.50. The summed E-state index contributed by atoms with van der Waals surface area (Å²) in [5.74, 6) is 0.706. The maximum atomic E-state index is 12.6. The Hall–Kier alpha value is -1.03. The highest BCUT2D eigenvalue weighted by Gasteiger charge is 2.30. The quantitative estimate of drug-likeness (QED) is 0.875. The van der Waals surface area contributed by atoms with Gasteiger partial charge in [-0.25, -0.2) is 0 Å². The molecular formula is C15H20F3N. The van der Waals surface area contributed by atoms with Crippen LogP contribution in [0.3, 0.4) is 0 Å². The standard InChI is InChI=1S/C15H20F3N/c1-2-11-6-7-19-14(9-11)10-12-4-3-5-13(8-12)15(16,17)18/h3-5,8,11,14,19H,2,6-7,9-10H2,1H3. The molecule has 1 fully saturated rings. The molecule has 1 aromatic carbocycles. The van der Waals surface area contributed by atoms with Crippen LogP contribution in [0.5, 0.6) is 0 Å². The molecule has 2 atom stereocenters. The van der Waals surface area contributed by atoms with Gasteiger partial charge < -0.3 is 5.32 Å². The van der Waals surface area contributed by atoms with Crippen LogP contribution in [-0.2, 0) is 12.6 Å². The second-order valence-electron chi connectivity index (χ2n) is 5.35. The molecule has 0 spiro atoms. The van der Waals surface area contributed by atoms with E-state index in [1.807, 2.05) is 0 Å². The molecule has 1 saturated heterocycles. The smallest absolute Gasteiger partial charge is 0.314 e. The minimum atomic E-state index is -4.25. The number of halogens is 3. The zero-order chi connectivity index (χ0) is 13.9. The first-order chi connectivity index (χ1) is 8.99. The normalized spacial score (nSPS) is 24.4. The fourth-order valence-electron chi connectivity index (χ4n) is 2.78. The van der Waals surface area contributed by atoms with Crippen molar-refractivity contribution in [3.8, 4) is 0 Å². The molecule has 4 heteroatoms. The Morgan fingerprint density at radius 3 is 2.79 bits per heavy atom. The number of benzene rings is 1. The van der Waals surface area contributed by atoms with E-state index in [9.17, 15) is 13.2 Å². The van der Waals surface area contributed by atoms with E-state index in [-0.39, 0.29) is 0 Å². The fourth-order valence-corrected chi connectivity index (χ4v) is 2.78. The van der Waals surface area contributed by atoms with E-state index in [4.69, 9.17) is 0 Å². The van der Waals surface area contributed by atoms with Gasteiger partial charge in [-0.15, -0.1) is 0 Å². The average Bonchev–Trinajstić information content (AvgIpc) is 2.38. The second-order valence-corrected chi connectivity index (χ2v) is 5.35. The minimum Gasteiger partial charge on any atom is -0.314 e. The van der Waals surface area contributed by atoms with Crippen molar-refractivity contribution in [2.24, 2.45) is 5.92 Å². The summed E-state index contributed by atoms with van der Waals surface area (Å²) in [6.07, 6.45) is -0.175. The number of nitrogens with one attached hydrogen (secondary N) is 1. The molecule has 106 valence electrons. The molecule has 1 nitrogen and oxygen atoms in total. The van der Waals surface area contributed by atoms with Gasteiger partial charge in [-0.2, -0.15) is 13.2 Å². The third-order valence-electron chi connectivity index (χ3n) is 3.92. The summed E-state index contributed by atoms with van der Waals surface area (Å²) in [6.45, 7) is 3.15. The van der Waals surface area contributed by atoms with Crippen LogP contribution in [0.2, 0.25) is 0 Å². The van der Waals surface area contributed by atoms with E-state index in [2.05, 4.69) is 12.2 Å². The van der Waals surface area contributed by atoms with Crippen molar-refractivity contribution >= 4 is 0 Å². The van der Waals surface area contributed by atoms with Crippen LogP contribution in [-0.4, -0.2) is 12.6 Å². The molecule has 1 N–H and O–H groups in total. The Morgan fingerprint density at radius 1 is 1.32 bits per heavy atom. The fraction of sp³-hybridized carbons (Fsp3) is 0.600. The van der Waals surface area contributed by atoms with Crippen LogP contribution in [0.1, 0.15) is 37.3 Å². The van der Waals surface area contributed by atoms with Gasteiger partial charge in [0.2, 0.25) is 0 Å². The van der Waals surface area contributed by atoms with Crippen LogP contribution in [0, 0.1) is 5.92 Å². The van der Waals surface area contributed by atoms with Crippen molar-refractivity contribution in [1.29, 1.82) is 0 Å². The van der Waals surface area contributed by atoms with E-state index in [1.54, 1.807) is 6.07 Å². The van der Waals surface area contributed by atoms with Gasteiger partial charge in [-0.1, -0.05) is 31.5 Å². The maximum absolute atomic E-state index is 12.6. The Balaban J connectivity index is 2.03. The molecule has 2 rings (SSSR count). The highest BCUT2D eigenvalue weighted by atomic mass is 19.4. The van der Waals surface area contributed by atoms with Crippen molar-refractivity contribution in [2.75, 3.05) is 6.54 Å². The van der Waals surface area contributed by atoms with Gasteiger partial charge in [0, 0.05) is 6.04 Å². The van der Waals surface area contributed by atoms with Crippen molar-refractivity contribution in [3.05, 3.63) is 35.4 Å². The largest absolute Gasteiger partial charge is 0.416 e. The molecule has 0 bridgehead atoms. The summed E-state index contributed by atoms with van der Waals surface area (Å²) in [5.41, 5.74) is 0.219. The maximum Gasteiger partial charge on any atom is 0.416 e. The molecule has 0 amide bonds. The molecule has 19 heavy (non-hydrogen) atoms. The van der Waals surface area contributed by atoms with E-state index in [1.165, 1.54) is 18.6 Å². The predicted octanol–water partition coefficient (Wildman–Crippen LogP) is 4.03. The van der Waals surface area contributed by atoms with Crippen LogP contribution >= 0.6 is 0 Å². The van der Waals surface area contributed by atoms with Crippen LogP contribution in [0.25, 0.3) is 0 Å². The minimum absolute atomic E-state index is 0.308. The van der Waals surface area contributed by atoms with Gasteiger partial charge in [-0.05, 0) is 43.4 Å². The Labute approximate surface area is 112 Å². The van der Waals surface area contributed by atoms with Crippen molar-refractivity contribution in [3.63, 3.8) is 0 Å². The number of hydrogen-bond acceptors (Lipinski definition) is 1. The first kappa shape index (κ1) is 14.4. The van der Waals surface area contributed by atoms with Crippen molar-refractivity contribution < 1.29 is 13.2 Å². The van der Waals surface area contributed by atoms with Gasteiger partial charge in [-0.3, -0.25) is 0 Å². The van der Waals surface area contributed by atoms with E-state index in [0.29, 0.717) is 18.4 Å². The molecule has 1 aliphatic heterocycles. The number of rotatable bonds is 3. The number of hydrogen-bond donors (Lipinski definition) is 1. The van der Waals surface area contributed by atoms with Gasteiger partial charge >= 0.3 is 6.18 Å². The third kappa shape index (κ3) is 3.96. The molecule has 0 aliphatic carbocycles. The lowest BCUT2D eigenvalue weighted by molar-refractivity contribution is -0.137. The number of alkyl halides is 3.